The summed E-state index contributed by atoms with van der Waals surface area (Å²) in [6.45, 7) is 3.69. The summed E-state index contributed by atoms with van der Waals surface area (Å²) in [6, 6.07) is 13.1. The van der Waals surface area contributed by atoms with Crippen molar-refractivity contribution in [1.82, 2.24) is 14.8 Å². The van der Waals surface area contributed by atoms with Crippen molar-refractivity contribution in [3.8, 4) is 22.1 Å². The number of carbonyl (C=O) groups is 1. The summed E-state index contributed by atoms with van der Waals surface area (Å²) >= 11 is 7.61. The lowest BCUT2D eigenvalue weighted by atomic mass is 10.1. The van der Waals surface area contributed by atoms with E-state index in [1.807, 2.05) is 35.2 Å². The number of benzene rings is 2. The van der Waals surface area contributed by atoms with Crippen LogP contribution in [0.2, 0.25) is 5.02 Å². The fourth-order valence-electron chi connectivity index (χ4n) is 3.67. The molecule has 4 rings (SSSR count). The van der Waals surface area contributed by atoms with Crippen LogP contribution in [-0.4, -0.2) is 61.1 Å². The smallest absolute Gasteiger partial charge is 0.257 e. The van der Waals surface area contributed by atoms with Gasteiger partial charge in [0.1, 0.15) is 5.01 Å². The maximum absolute atomic E-state index is 13.0. The van der Waals surface area contributed by atoms with E-state index in [0.29, 0.717) is 30.2 Å². The van der Waals surface area contributed by atoms with E-state index in [1.54, 1.807) is 37.7 Å². The Hall–Kier alpha value is -2.61. The van der Waals surface area contributed by atoms with Crippen molar-refractivity contribution in [2.45, 2.75) is 6.54 Å². The molecule has 8 heteroatoms. The van der Waals surface area contributed by atoms with E-state index in [1.165, 1.54) is 0 Å². The zero-order valence-corrected chi connectivity index (χ0v) is 19.1. The highest BCUT2D eigenvalue weighted by molar-refractivity contribution is 7.13. The first-order valence-corrected chi connectivity index (χ1v) is 11.3. The topological polar surface area (TPSA) is 54.9 Å². The number of methoxy groups -OCH3 is 2. The molecular weight excluding hydrogens is 434 g/mol. The van der Waals surface area contributed by atoms with Crippen LogP contribution in [0, 0.1) is 0 Å². The van der Waals surface area contributed by atoms with Crippen molar-refractivity contribution in [2.75, 3.05) is 40.4 Å². The Labute approximate surface area is 191 Å². The molecule has 0 atom stereocenters. The molecule has 0 radical (unpaired) electrons. The van der Waals surface area contributed by atoms with Crippen LogP contribution in [0.1, 0.15) is 16.1 Å². The highest BCUT2D eigenvalue weighted by atomic mass is 35.5. The number of hydrogen-bond donors (Lipinski definition) is 0. The number of nitrogens with zero attached hydrogens (tertiary/aromatic N) is 3. The first kappa shape index (κ1) is 21.6. The van der Waals surface area contributed by atoms with Gasteiger partial charge in [-0.3, -0.25) is 9.69 Å². The zero-order chi connectivity index (χ0) is 21.8. The van der Waals surface area contributed by atoms with E-state index in [2.05, 4.69) is 10.3 Å². The number of piperazine rings is 1. The summed E-state index contributed by atoms with van der Waals surface area (Å²) in [5, 5.41) is 3.81. The van der Waals surface area contributed by atoms with Crippen molar-refractivity contribution >= 4 is 28.8 Å². The lowest BCUT2D eigenvalue weighted by Gasteiger charge is -2.34. The molecule has 2 aromatic carbocycles. The highest BCUT2D eigenvalue weighted by Crippen LogP contribution is 2.32. The Morgan fingerprint density at radius 2 is 1.81 bits per heavy atom. The van der Waals surface area contributed by atoms with Gasteiger partial charge in [0, 0.05) is 48.7 Å². The molecule has 1 aliphatic heterocycles. The maximum Gasteiger partial charge on any atom is 0.257 e. The van der Waals surface area contributed by atoms with Gasteiger partial charge in [0.05, 0.1) is 25.5 Å². The third kappa shape index (κ3) is 4.84. The van der Waals surface area contributed by atoms with Crippen LogP contribution in [0.3, 0.4) is 0 Å². The number of aromatic nitrogens is 1. The third-order valence-corrected chi connectivity index (χ3v) is 6.51. The number of thiazole rings is 1. The SMILES string of the molecule is COc1cccc(C(=O)N2CCN(Cc3csc(-c4ccc(Cl)cc4)n3)CC2)c1OC. The molecule has 0 unspecified atom stereocenters. The zero-order valence-electron chi connectivity index (χ0n) is 17.5. The summed E-state index contributed by atoms with van der Waals surface area (Å²) in [4.78, 5) is 22.0. The fourth-order valence-corrected chi connectivity index (χ4v) is 4.61. The molecule has 1 amide bonds. The van der Waals surface area contributed by atoms with Crippen molar-refractivity contribution in [1.29, 1.82) is 0 Å². The minimum absolute atomic E-state index is 0.0333. The second-order valence-electron chi connectivity index (χ2n) is 7.26. The Morgan fingerprint density at radius 3 is 2.48 bits per heavy atom. The second kappa shape index (κ2) is 9.68. The number of ether oxygens (including phenoxy) is 2. The van der Waals surface area contributed by atoms with Crippen LogP contribution in [0.25, 0.3) is 10.6 Å². The summed E-state index contributed by atoms with van der Waals surface area (Å²) in [5.41, 5.74) is 2.65. The lowest BCUT2D eigenvalue weighted by Crippen LogP contribution is -2.48. The molecule has 2 heterocycles. The summed E-state index contributed by atoms with van der Waals surface area (Å²) in [7, 11) is 3.13. The van der Waals surface area contributed by atoms with Gasteiger partial charge in [-0.05, 0) is 24.3 Å². The number of para-hydroxylation sites is 1. The third-order valence-electron chi connectivity index (χ3n) is 5.32. The fraction of sp³-hybridized carbons (Fsp3) is 0.304. The van der Waals surface area contributed by atoms with Crippen molar-refractivity contribution in [3.63, 3.8) is 0 Å². The van der Waals surface area contributed by atoms with Gasteiger partial charge in [-0.25, -0.2) is 4.98 Å². The van der Waals surface area contributed by atoms with Crippen LogP contribution < -0.4 is 9.47 Å². The van der Waals surface area contributed by atoms with Crippen LogP contribution in [0.15, 0.2) is 47.8 Å². The quantitative estimate of drug-likeness (QED) is 0.547. The molecule has 0 bridgehead atoms. The van der Waals surface area contributed by atoms with Crippen molar-refractivity contribution in [2.24, 2.45) is 0 Å². The number of carbonyl (C=O) groups excluding carboxylic acids is 1. The van der Waals surface area contributed by atoms with E-state index in [4.69, 9.17) is 26.1 Å². The Bertz CT molecular complexity index is 1050. The van der Waals surface area contributed by atoms with Crippen LogP contribution in [-0.2, 0) is 6.54 Å². The molecule has 0 spiro atoms. The van der Waals surface area contributed by atoms with Crippen LogP contribution in [0.5, 0.6) is 11.5 Å². The molecule has 3 aromatic rings. The van der Waals surface area contributed by atoms with Crippen LogP contribution >= 0.6 is 22.9 Å². The number of amides is 1. The molecule has 0 aliphatic carbocycles. The van der Waals surface area contributed by atoms with Gasteiger partial charge in [-0.1, -0.05) is 29.8 Å². The average Bonchev–Trinajstić information content (AvgIpc) is 3.27. The number of halogens is 1. The van der Waals surface area contributed by atoms with Gasteiger partial charge >= 0.3 is 0 Å². The molecule has 1 saturated heterocycles. The predicted octanol–water partition coefficient (Wildman–Crippen LogP) is 4.44. The molecular formula is C23H24ClN3O3S. The first-order valence-electron chi connectivity index (χ1n) is 10.0. The number of hydrogen-bond acceptors (Lipinski definition) is 6. The summed E-state index contributed by atoms with van der Waals surface area (Å²) in [5.74, 6) is 1.01. The van der Waals surface area contributed by atoms with Crippen molar-refractivity contribution in [3.05, 3.63) is 64.1 Å². The summed E-state index contributed by atoms with van der Waals surface area (Å²) < 4.78 is 10.7. The average molecular weight is 458 g/mol. The second-order valence-corrected chi connectivity index (χ2v) is 8.55. The highest BCUT2D eigenvalue weighted by Gasteiger charge is 2.26. The van der Waals surface area contributed by atoms with Gasteiger partial charge in [0.25, 0.3) is 5.91 Å². The Morgan fingerprint density at radius 1 is 1.06 bits per heavy atom. The molecule has 6 nitrogen and oxygen atoms in total. The molecule has 0 saturated carbocycles. The standard InChI is InChI=1S/C23H24ClN3O3S/c1-29-20-5-3-4-19(21(20)30-2)23(28)27-12-10-26(11-13-27)14-18-15-31-22(25-18)16-6-8-17(24)9-7-16/h3-9,15H,10-14H2,1-2H3. The summed E-state index contributed by atoms with van der Waals surface area (Å²) in [6.07, 6.45) is 0. The van der Waals surface area contributed by atoms with Gasteiger partial charge < -0.3 is 14.4 Å². The maximum atomic E-state index is 13.0. The molecule has 31 heavy (non-hydrogen) atoms. The molecule has 162 valence electrons. The Balaban J connectivity index is 1.36. The molecule has 0 N–H and O–H groups in total. The minimum atomic E-state index is -0.0333. The lowest BCUT2D eigenvalue weighted by molar-refractivity contribution is 0.0623. The van der Waals surface area contributed by atoms with Gasteiger partial charge in [-0.15, -0.1) is 11.3 Å². The van der Waals surface area contributed by atoms with Gasteiger partial charge in [0.2, 0.25) is 0 Å². The molecule has 1 aromatic heterocycles. The van der Waals surface area contributed by atoms with E-state index in [0.717, 1.165) is 40.9 Å². The van der Waals surface area contributed by atoms with E-state index >= 15 is 0 Å². The monoisotopic (exact) mass is 457 g/mol. The largest absolute Gasteiger partial charge is 0.493 e. The molecule has 1 aliphatic rings. The van der Waals surface area contributed by atoms with E-state index < -0.39 is 0 Å². The van der Waals surface area contributed by atoms with Crippen molar-refractivity contribution < 1.29 is 14.3 Å². The van der Waals surface area contributed by atoms with Crippen LogP contribution in [0.4, 0.5) is 0 Å². The van der Waals surface area contributed by atoms with Gasteiger partial charge in [0.15, 0.2) is 11.5 Å². The molecule has 1 fully saturated rings. The van der Waals surface area contributed by atoms with E-state index in [9.17, 15) is 4.79 Å². The number of rotatable bonds is 6. The van der Waals surface area contributed by atoms with Gasteiger partial charge in [-0.2, -0.15) is 0 Å². The predicted molar refractivity (Wildman–Crippen MR) is 123 cm³/mol. The first-order chi connectivity index (χ1) is 15.1. The normalized spacial score (nSPS) is 14.5. The van der Waals surface area contributed by atoms with E-state index in [-0.39, 0.29) is 5.91 Å². The Kier molecular flexibility index (Phi) is 6.75. The minimum Gasteiger partial charge on any atom is -0.493 e.